The molecule has 0 unspecified atom stereocenters. The minimum Gasteiger partial charge on any atom is -0.488 e. The van der Waals surface area contributed by atoms with Crippen molar-refractivity contribution >= 4 is 6.09 Å². The first-order chi connectivity index (χ1) is 11.9. The molecule has 130 valence electrons. The van der Waals surface area contributed by atoms with Gasteiger partial charge in [-0.15, -0.1) is 0 Å². The van der Waals surface area contributed by atoms with Crippen LogP contribution in [-0.2, 0) is 11.3 Å². The second-order valence-electron chi connectivity index (χ2n) is 6.43. The lowest BCUT2D eigenvalue weighted by atomic mass is 10.2. The van der Waals surface area contributed by atoms with Gasteiger partial charge in [0.1, 0.15) is 18.0 Å². The summed E-state index contributed by atoms with van der Waals surface area (Å²) in [7, 11) is 0. The van der Waals surface area contributed by atoms with Crippen LogP contribution in [0.4, 0.5) is 4.79 Å². The lowest BCUT2D eigenvalue weighted by Gasteiger charge is -2.19. The van der Waals surface area contributed by atoms with Gasteiger partial charge in [0.05, 0.1) is 12.1 Å². The summed E-state index contributed by atoms with van der Waals surface area (Å²) in [4.78, 5) is 11.6. The number of carbonyl (C=O) groups excluding carboxylic acids is 1. The SMILES string of the molecule is CC(C)(C)OC(=O)NCC#Cc1ccccc1OCc1ccccc1. The lowest BCUT2D eigenvalue weighted by Crippen LogP contribution is -2.32. The second kappa shape index (κ2) is 8.79. The topological polar surface area (TPSA) is 47.6 Å². The Hall–Kier alpha value is -2.93. The van der Waals surface area contributed by atoms with Gasteiger partial charge in [-0.25, -0.2) is 4.79 Å². The third kappa shape index (κ3) is 7.01. The number of carbonyl (C=O) groups is 1. The third-order valence-corrected chi connectivity index (χ3v) is 3.07. The summed E-state index contributed by atoms with van der Waals surface area (Å²) in [5, 5.41) is 2.61. The van der Waals surface area contributed by atoms with Crippen molar-refractivity contribution in [2.24, 2.45) is 0 Å². The van der Waals surface area contributed by atoms with Crippen molar-refractivity contribution in [1.29, 1.82) is 0 Å². The molecule has 0 aliphatic carbocycles. The molecule has 0 saturated heterocycles. The molecule has 25 heavy (non-hydrogen) atoms. The van der Waals surface area contributed by atoms with Gasteiger partial charge in [0.25, 0.3) is 0 Å². The van der Waals surface area contributed by atoms with Gasteiger partial charge < -0.3 is 14.8 Å². The summed E-state index contributed by atoms with van der Waals surface area (Å²) < 4.78 is 11.0. The number of hydrogen-bond donors (Lipinski definition) is 1. The van der Waals surface area contributed by atoms with Crippen molar-refractivity contribution in [3.05, 3.63) is 65.7 Å². The zero-order chi connectivity index (χ0) is 18.1. The van der Waals surface area contributed by atoms with E-state index in [2.05, 4.69) is 17.2 Å². The Bertz CT molecular complexity index is 752. The predicted molar refractivity (Wildman–Crippen MR) is 98.3 cm³/mol. The van der Waals surface area contributed by atoms with E-state index >= 15 is 0 Å². The largest absolute Gasteiger partial charge is 0.488 e. The van der Waals surface area contributed by atoms with Gasteiger partial charge >= 0.3 is 6.09 Å². The molecule has 1 amide bonds. The minimum atomic E-state index is -0.518. The van der Waals surface area contributed by atoms with Crippen LogP contribution >= 0.6 is 0 Å². The van der Waals surface area contributed by atoms with Crippen molar-refractivity contribution < 1.29 is 14.3 Å². The second-order valence-corrected chi connectivity index (χ2v) is 6.43. The molecule has 0 aliphatic heterocycles. The van der Waals surface area contributed by atoms with Crippen molar-refractivity contribution in [2.75, 3.05) is 6.54 Å². The molecule has 0 atom stereocenters. The summed E-state index contributed by atoms with van der Waals surface area (Å²) in [6.45, 7) is 6.15. The van der Waals surface area contributed by atoms with Crippen LogP contribution in [0.25, 0.3) is 0 Å². The maximum Gasteiger partial charge on any atom is 0.408 e. The molecule has 0 radical (unpaired) electrons. The number of ether oxygens (including phenoxy) is 2. The maximum atomic E-state index is 11.6. The average Bonchev–Trinajstić information content (AvgIpc) is 2.57. The lowest BCUT2D eigenvalue weighted by molar-refractivity contribution is 0.0535. The summed E-state index contributed by atoms with van der Waals surface area (Å²) in [5.41, 5.74) is 1.36. The van der Waals surface area contributed by atoms with E-state index in [0.717, 1.165) is 16.9 Å². The summed E-state index contributed by atoms with van der Waals surface area (Å²) in [6.07, 6.45) is -0.476. The Balaban J connectivity index is 1.91. The molecule has 0 fully saturated rings. The zero-order valence-electron chi connectivity index (χ0n) is 14.8. The fourth-order valence-corrected chi connectivity index (χ4v) is 2.00. The molecule has 0 aliphatic rings. The molecule has 1 N–H and O–H groups in total. The molecule has 0 saturated carbocycles. The Labute approximate surface area is 149 Å². The van der Waals surface area contributed by atoms with Crippen LogP contribution in [0.15, 0.2) is 54.6 Å². The fourth-order valence-electron chi connectivity index (χ4n) is 2.00. The summed E-state index contributed by atoms with van der Waals surface area (Å²) in [5.74, 6) is 6.66. The van der Waals surface area contributed by atoms with Crippen LogP contribution in [0, 0.1) is 11.8 Å². The van der Waals surface area contributed by atoms with Crippen LogP contribution in [0.1, 0.15) is 31.9 Å². The molecule has 0 bridgehead atoms. The molecule has 2 aromatic carbocycles. The normalized spacial score (nSPS) is 10.4. The number of benzene rings is 2. The van der Waals surface area contributed by atoms with Crippen molar-refractivity contribution in [3.63, 3.8) is 0 Å². The number of rotatable bonds is 4. The van der Waals surface area contributed by atoms with E-state index < -0.39 is 11.7 Å². The van der Waals surface area contributed by atoms with Gasteiger partial charge in [0, 0.05) is 0 Å². The van der Waals surface area contributed by atoms with Crippen LogP contribution in [0.5, 0.6) is 5.75 Å². The highest BCUT2D eigenvalue weighted by molar-refractivity contribution is 5.68. The van der Waals surface area contributed by atoms with Crippen molar-refractivity contribution in [1.82, 2.24) is 5.32 Å². The average molecular weight is 337 g/mol. The van der Waals surface area contributed by atoms with Gasteiger partial charge in [0.2, 0.25) is 0 Å². The van der Waals surface area contributed by atoms with E-state index in [1.54, 1.807) is 0 Å². The van der Waals surface area contributed by atoms with Crippen LogP contribution < -0.4 is 10.1 Å². The minimum absolute atomic E-state index is 0.210. The molecular formula is C21H23NO3. The molecule has 0 spiro atoms. The standard InChI is InChI=1S/C21H23NO3/c1-21(2,3)25-20(23)22-15-9-13-18-12-7-8-14-19(18)24-16-17-10-5-4-6-11-17/h4-8,10-12,14H,15-16H2,1-3H3,(H,22,23). The highest BCUT2D eigenvalue weighted by atomic mass is 16.6. The quantitative estimate of drug-likeness (QED) is 0.853. The number of hydrogen-bond acceptors (Lipinski definition) is 3. The first-order valence-corrected chi connectivity index (χ1v) is 8.15. The van der Waals surface area contributed by atoms with Crippen LogP contribution in [0.2, 0.25) is 0 Å². The molecular weight excluding hydrogens is 314 g/mol. The van der Waals surface area contributed by atoms with Gasteiger partial charge in [-0.1, -0.05) is 54.3 Å². The molecule has 4 heteroatoms. The number of alkyl carbamates (subject to hydrolysis) is 1. The van der Waals surface area contributed by atoms with E-state index in [-0.39, 0.29) is 6.54 Å². The van der Waals surface area contributed by atoms with E-state index in [1.165, 1.54) is 0 Å². The summed E-state index contributed by atoms with van der Waals surface area (Å²) >= 11 is 0. The van der Waals surface area contributed by atoms with Gasteiger partial charge in [-0.2, -0.15) is 0 Å². The maximum absolute atomic E-state index is 11.6. The summed E-state index contributed by atoms with van der Waals surface area (Å²) in [6, 6.07) is 17.5. The highest BCUT2D eigenvalue weighted by Gasteiger charge is 2.15. The van der Waals surface area contributed by atoms with Crippen molar-refractivity contribution in [2.45, 2.75) is 33.0 Å². The van der Waals surface area contributed by atoms with Crippen molar-refractivity contribution in [3.8, 4) is 17.6 Å². The monoisotopic (exact) mass is 337 g/mol. The van der Waals surface area contributed by atoms with Gasteiger partial charge in [-0.3, -0.25) is 0 Å². The molecule has 0 aromatic heterocycles. The van der Waals surface area contributed by atoms with Crippen LogP contribution in [0.3, 0.4) is 0 Å². The Morgan fingerprint density at radius 3 is 2.44 bits per heavy atom. The number of para-hydroxylation sites is 1. The van der Waals surface area contributed by atoms with Gasteiger partial charge in [0.15, 0.2) is 0 Å². The van der Waals surface area contributed by atoms with E-state index in [9.17, 15) is 4.79 Å². The smallest absolute Gasteiger partial charge is 0.408 e. The molecule has 0 heterocycles. The van der Waals surface area contributed by atoms with E-state index in [1.807, 2.05) is 75.4 Å². The van der Waals surface area contributed by atoms with E-state index in [0.29, 0.717) is 6.61 Å². The molecule has 4 nitrogen and oxygen atoms in total. The van der Waals surface area contributed by atoms with E-state index in [4.69, 9.17) is 9.47 Å². The Kier molecular flexibility index (Phi) is 6.47. The molecule has 2 rings (SSSR count). The van der Waals surface area contributed by atoms with Gasteiger partial charge in [-0.05, 0) is 38.5 Å². The Morgan fingerprint density at radius 2 is 1.72 bits per heavy atom. The predicted octanol–water partition coefficient (Wildman–Crippen LogP) is 4.14. The molecule has 2 aromatic rings. The van der Waals surface area contributed by atoms with Crippen LogP contribution in [-0.4, -0.2) is 18.2 Å². The highest BCUT2D eigenvalue weighted by Crippen LogP contribution is 2.18. The fraction of sp³-hybridized carbons (Fsp3) is 0.286. The third-order valence-electron chi connectivity index (χ3n) is 3.07. The Morgan fingerprint density at radius 1 is 1.04 bits per heavy atom. The number of amides is 1. The number of nitrogens with one attached hydrogen (secondary N) is 1. The first kappa shape index (κ1) is 18.4. The first-order valence-electron chi connectivity index (χ1n) is 8.15. The zero-order valence-corrected chi connectivity index (χ0v) is 14.8.